The van der Waals surface area contributed by atoms with Gasteiger partial charge in [0.2, 0.25) is 5.91 Å². The minimum atomic E-state index is -0.623. The van der Waals surface area contributed by atoms with E-state index in [0.717, 1.165) is 17.8 Å². The minimum Gasteiger partial charge on any atom is -0.452 e. The molecule has 0 spiro atoms. The van der Waals surface area contributed by atoms with E-state index in [1.165, 1.54) is 0 Å². The topological polar surface area (TPSA) is 93.5 Å². The average molecular weight is 432 g/mol. The zero-order valence-electron chi connectivity index (χ0n) is 18.0. The van der Waals surface area contributed by atoms with Crippen LogP contribution in [0.3, 0.4) is 0 Å². The number of hydrogen-bond acceptors (Lipinski definition) is 5. The molecule has 0 bridgehead atoms. The Bertz CT molecular complexity index is 1170. The second-order valence-corrected chi connectivity index (χ2v) is 7.62. The van der Waals surface area contributed by atoms with Crippen molar-refractivity contribution in [2.45, 2.75) is 26.7 Å². The first-order valence-electron chi connectivity index (χ1n) is 10.4. The molecule has 1 saturated heterocycles. The first kappa shape index (κ1) is 21.3. The third kappa shape index (κ3) is 4.39. The highest BCUT2D eigenvalue weighted by Crippen LogP contribution is 2.24. The maximum Gasteiger partial charge on any atom is 0.338 e. The normalized spacial score (nSPS) is 13.3. The molecule has 8 heteroatoms. The van der Waals surface area contributed by atoms with Gasteiger partial charge in [0.15, 0.2) is 6.61 Å². The number of carbonyl (C=O) groups excluding carboxylic acids is 3. The first-order valence-corrected chi connectivity index (χ1v) is 10.4. The Morgan fingerprint density at radius 1 is 1.06 bits per heavy atom. The van der Waals surface area contributed by atoms with Crippen LogP contribution in [0.5, 0.6) is 0 Å². The summed E-state index contributed by atoms with van der Waals surface area (Å²) in [5.41, 5.74) is 3.86. The van der Waals surface area contributed by atoms with Crippen molar-refractivity contribution >= 4 is 29.2 Å². The molecule has 3 aromatic rings. The number of aryl methyl sites for hydroxylation is 1. The predicted octanol–water partition coefficient (Wildman–Crippen LogP) is 3.41. The molecule has 2 amide bonds. The van der Waals surface area contributed by atoms with E-state index in [1.54, 1.807) is 40.8 Å². The molecule has 0 aliphatic carbocycles. The van der Waals surface area contributed by atoms with E-state index in [4.69, 9.17) is 4.74 Å². The van der Waals surface area contributed by atoms with E-state index in [2.05, 4.69) is 10.4 Å². The van der Waals surface area contributed by atoms with Crippen LogP contribution >= 0.6 is 0 Å². The fourth-order valence-electron chi connectivity index (χ4n) is 3.76. The van der Waals surface area contributed by atoms with E-state index >= 15 is 0 Å². The standard InChI is InChI=1S/C24H24N4O4/c1-16-23(17(2)28(26-16)19-9-4-3-5-10-19)25-21(29)15-32-24(31)18-8-6-11-20(14-18)27-13-7-12-22(27)30/h3-6,8-11,14H,7,12-13,15H2,1-2H3,(H,25,29). The van der Waals surface area contributed by atoms with Crippen LogP contribution in [0.1, 0.15) is 34.6 Å². The van der Waals surface area contributed by atoms with Crippen LogP contribution in [0.2, 0.25) is 0 Å². The fourth-order valence-corrected chi connectivity index (χ4v) is 3.76. The van der Waals surface area contributed by atoms with Gasteiger partial charge in [0.1, 0.15) is 0 Å². The van der Waals surface area contributed by atoms with Gasteiger partial charge in [-0.2, -0.15) is 5.10 Å². The number of nitrogens with one attached hydrogen (secondary N) is 1. The van der Waals surface area contributed by atoms with Gasteiger partial charge in [-0.1, -0.05) is 24.3 Å². The van der Waals surface area contributed by atoms with Gasteiger partial charge in [-0.25, -0.2) is 9.48 Å². The number of benzene rings is 2. The molecule has 0 unspecified atom stereocenters. The number of amides is 2. The van der Waals surface area contributed by atoms with Crippen molar-refractivity contribution in [3.8, 4) is 5.69 Å². The summed E-state index contributed by atoms with van der Waals surface area (Å²) in [6.45, 7) is 3.87. The number of ether oxygens (including phenoxy) is 1. The van der Waals surface area contributed by atoms with Crippen molar-refractivity contribution in [3.05, 3.63) is 71.5 Å². The van der Waals surface area contributed by atoms with E-state index in [-0.39, 0.29) is 5.91 Å². The number of nitrogens with zero attached hydrogens (tertiary/aromatic N) is 3. The Morgan fingerprint density at radius 3 is 2.53 bits per heavy atom. The van der Waals surface area contributed by atoms with Gasteiger partial charge in [0.25, 0.3) is 5.91 Å². The lowest BCUT2D eigenvalue weighted by Crippen LogP contribution is -2.24. The van der Waals surface area contributed by atoms with Gasteiger partial charge in [-0.05, 0) is 50.6 Å². The highest BCUT2D eigenvalue weighted by Gasteiger charge is 2.23. The molecule has 32 heavy (non-hydrogen) atoms. The van der Waals surface area contributed by atoms with Gasteiger partial charge in [0, 0.05) is 18.7 Å². The lowest BCUT2D eigenvalue weighted by molar-refractivity contribution is -0.119. The third-order valence-electron chi connectivity index (χ3n) is 5.36. The van der Waals surface area contributed by atoms with Crippen molar-refractivity contribution in [1.29, 1.82) is 0 Å². The molecule has 2 heterocycles. The van der Waals surface area contributed by atoms with Crippen LogP contribution in [0.25, 0.3) is 5.69 Å². The molecule has 1 fully saturated rings. The summed E-state index contributed by atoms with van der Waals surface area (Å²) in [5, 5.41) is 7.28. The van der Waals surface area contributed by atoms with Crippen LogP contribution in [-0.4, -0.2) is 40.7 Å². The molecule has 1 aliphatic heterocycles. The van der Waals surface area contributed by atoms with E-state index in [0.29, 0.717) is 35.6 Å². The van der Waals surface area contributed by atoms with Gasteiger partial charge < -0.3 is 15.0 Å². The number of hydrogen-bond donors (Lipinski definition) is 1. The van der Waals surface area contributed by atoms with Crippen LogP contribution in [-0.2, 0) is 14.3 Å². The number of anilines is 2. The lowest BCUT2D eigenvalue weighted by atomic mass is 10.2. The van der Waals surface area contributed by atoms with Crippen LogP contribution in [0, 0.1) is 13.8 Å². The number of para-hydroxylation sites is 1. The lowest BCUT2D eigenvalue weighted by Gasteiger charge is -2.16. The number of rotatable bonds is 6. The fraction of sp³-hybridized carbons (Fsp3) is 0.250. The summed E-state index contributed by atoms with van der Waals surface area (Å²) in [7, 11) is 0. The van der Waals surface area contributed by atoms with Gasteiger partial charge in [-0.3, -0.25) is 9.59 Å². The predicted molar refractivity (Wildman–Crippen MR) is 120 cm³/mol. The second kappa shape index (κ2) is 9.05. The summed E-state index contributed by atoms with van der Waals surface area (Å²) in [5.74, 6) is -1.04. The van der Waals surface area contributed by atoms with Gasteiger partial charge in [0.05, 0.1) is 28.3 Å². The number of aromatic nitrogens is 2. The summed E-state index contributed by atoms with van der Waals surface area (Å²) >= 11 is 0. The molecule has 1 aliphatic rings. The first-order chi connectivity index (χ1) is 15.4. The maximum atomic E-state index is 12.5. The Labute approximate surface area is 185 Å². The number of esters is 1. The number of carbonyl (C=O) groups is 3. The van der Waals surface area contributed by atoms with Crippen molar-refractivity contribution in [2.75, 3.05) is 23.4 Å². The molecule has 0 atom stereocenters. The van der Waals surface area contributed by atoms with Crippen molar-refractivity contribution in [2.24, 2.45) is 0 Å². The van der Waals surface area contributed by atoms with Crippen LogP contribution < -0.4 is 10.2 Å². The minimum absolute atomic E-state index is 0.0386. The molecule has 8 nitrogen and oxygen atoms in total. The van der Waals surface area contributed by atoms with Crippen LogP contribution in [0.15, 0.2) is 54.6 Å². The molecular formula is C24H24N4O4. The van der Waals surface area contributed by atoms with Gasteiger partial charge >= 0.3 is 5.97 Å². The highest BCUT2D eigenvalue weighted by molar-refractivity contribution is 5.99. The SMILES string of the molecule is Cc1nn(-c2ccccc2)c(C)c1NC(=O)COC(=O)c1cccc(N2CCCC2=O)c1. The molecule has 4 rings (SSSR count). The molecule has 2 aromatic carbocycles. The van der Waals surface area contributed by atoms with Crippen molar-refractivity contribution < 1.29 is 19.1 Å². The highest BCUT2D eigenvalue weighted by atomic mass is 16.5. The molecule has 0 saturated carbocycles. The monoisotopic (exact) mass is 432 g/mol. The van der Waals surface area contributed by atoms with E-state index < -0.39 is 18.5 Å². The summed E-state index contributed by atoms with van der Waals surface area (Å²) in [6.07, 6.45) is 1.31. The smallest absolute Gasteiger partial charge is 0.338 e. The Balaban J connectivity index is 1.39. The van der Waals surface area contributed by atoms with E-state index in [9.17, 15) is 14.4 Å². The zero-order valence-corrected chi connectivity index (χ0v) is 18.0. The quantitative estimate of drug-likeness (QED) is 0.603. The summed E-state index contributed by atoms with van der Waals surface area (Å²) in [6, 6.07) is 16.3. The Morgan fingerprint density at radius 2 is 1.81 bits per heavy atom. The van der Waals surface area contributed by atoms with Crippen LogP contribution in [0.4, 0.5) is 11.4 Å². The molecule has 1 N–H and O–H groups in total. The maximum absolute atomic E-state index is 12.5. The molecule has 1 aromatic heterocycles. The molecule has 164 valence electrons. The van der Waals surface area contributed by atoms with Crippen molar-refractivity contribution in [3.63, 3.8) is 0 Å². The summed E-state index contributed by atoms with van der Waals surface area (Å²) < 4.78 is 6.95. The zero-order chi connectivity index (χ0) is 22.7. The summed E-state index contributed by atoms with van der Waals surface area (Å²) in [4.78, 5) is 38.5. The van der Waals surface area contributed by atoms with E-state index in [1.807, 2.05) is 37.3 Å². The molecular weight excluding hydrogens is 408 g/mol. The second-order valence-electron chi connectivity index (χ2n) is 7.62. The third-order valence-corrected chi connectivity index (χ3v) is 5.36. The van der Waals surface area contributed by atoms with Gasteiger partial charge in [-0.15, -0.1) is 0 Å². The average Bonchev–Trinajstić information content (AvgIpc) is 3.36. The van der Waals surface area contributed by atoms with Crippen molar-refractivity contribution in [1.82, 2.24) is 9.78 Å². The Hall–Kier alpha value is -3.94. The largest absolute Gasteiger partial charge is 0.452 e. The molecule has 0 radical (unpaired) electrons. The Kier molecular flexibility index (Phi) is 6.02.